The third-order valence-corrected chi connectivity index (χ3v) is 16.8. The summed E-state index contributed by atoms with van der Waals surface area (Å²) >= 11 is 0. The highest BCUT2D eigenvalue weighted by molar-refractivity contribution is 5.99. The van der Waals surface area contributed by atoms with Crippen LogP contribution in [0.1, 0.15) is 44.5 Å². The van der Waals surface area contributed by atoms with Crippen molar-refractivity contribution in [1.82, 2.24) is 0 Å². The number of para-hydroxylation sites is 4. The van der Waals surface area contributed by atoms with Gasteiger partial charge in [-0.25, -0.2) is 0 Å². The number of hydrogen-bond donors (Lipinski definition) is 0. The molecule has 0 atom stereocenters. The number of rotatable bonds is 6. The van der Waals surface area contributed by atoms with E-state index in [0.717, 1.165) is 79.0 Å². The van der Waals surface area contributed by atoms with Crippen molar-refractivity contribution in [2.24, 2.45) is 0 Å². The molecule has 0 radical (unpaired) electrons. The standard InChI is InChI=1S/C74H47NO2/c1-2-21-48(22-3-1)49-23-16-26-52(45-49)75(53-27-17-24-50(46-53)55-31-19-39-65-71(55)57-29-4-6-33-59(57)73(65)61-35-8-12-41-67(61)76-68-42-13-9-36-62(68)73)54-28-18-25-51(47-54)56-32-20-40-66-72(56)58-30-5-7-34-60(58)74(66)63-37-10-14-43-69(63)77-70-44-15-11-38-64(70)74/h1-47H. The summed E-state index contributed by atoms with van der Waals surface area (Å²) in [6.07, 6.45) is 0. The third kappa shape index (κ3) is 6.14. The monoisotopic (exact) mass is 981 g/mol. The summed E-state index contributed by atoms with van der Waals surface area (Å²) in [6, 6.07) is 104. The van der Waals surface area contributed by atoms with Gasteiger partial charge in [-0.1, -0.05) is 224 Å². The molecule has 2 aliphatic carbocycles. The highest BCUT2D eigenvalue weighted by Gasteiger charge is 2.53. The normalized spacial score (nSPS) is 13.9. The van der Waals surface area contributed by atoms with Crippen LogP contribution in [0.2, 0.25) is 0 Å². The van der Waals surface area contributed by atoms with E-state index in [1.165, 1.54) is 61.2 Å². The van der Waals surface area contributed by atoms with Crippen LogP contribution in [0, 0.1) is 0 Å². The fourth-order valence-corrected chi connectivity index (χ4v) is 13.8. The van der Waals surface area contributed by atoms with Crippen LogP contribution in [0.3, 0.4) is 0 Å². The molecule has 77 heavy (non-hydrogen) atoms. The van der Waals surface area contributed by atoms with Crippen molar-refractivity contribution < 1.29 is 9.47 Å². The van der Waals surface area contributed by atoms with Crippen molar-refractivity contribution in [1.29, 1.82) is 0 Å². The van der Waals surface area contributed by atoms with E-state index in [0.29, 0.717) is 0 Å². The van der Waals surface area contributed by atoms with Crippen LogP contribution in [0.4, 0.5) is 17.1 Å². The first kappa shape index (κ1) is 43.4. The molecule has 0 fully saturated rings. The second-order valence-electron chi connectivity index (χ2n) is 20.6. The number of hydrogen-bond acceptors (Lipinski definition) is 3. The summed E-state index contributed by atoms with van der Waals surface area (Å²) in [7, 11) is 0. The molecule has 0 aromatic heterocycles. The van der Waals surface area contributed by atoms with Gasteiger partial charge in [0.05, 0.1) is 10.8 Å². The summed E-state index contributed by atoms with van der Waals surface area (Å²) in [5.41, 5.74) is 23.7. The quantitative estimate of drug-likeness (QED) is 0.166. The molecule has 360 valence electrons. The molecular weight excluding hydrogens is 935 g/mol. The first-order valence-electron chi connectivity index (χ1n) is 26.6. The Kier molecular flexibility index (Phi) is 9.47. The number of fused-ring (bicyclic) bond motifs is 18. The van der Waals surface area contributed by atoms with Crippen molar-refractivity contribution in [3.8, 4) is 78.6 Å². The molecule has 4 aliphatic rings. The van der Waals surface area contributed by atoms with Crippen LogP contribution < -0.4 is 14.4 Å². The predicted molar refractivity (Wildman–Crippen MR) is 312 cm³/mol. The Morgan fingerprint density at radius 3 is 0.948 bits per heavy atom. The first-order chi connectivity index (χ1) is 38.2. The zero-order valence-electron chi connectivity index (χ0n) is 41.9. The van der Waals surface area contributed by atoms with Crippen LogP contribution in [0.5, 0.6) is 23.0 Å². The number of anilines is 3. The van der Waals surface area contributed by atoms with Gasteiger partial charge >= 0.3 is 0 Å². The molecule has 3 nitrogen and oxygen atoms in total. The molecule has 0 N–H and O–H groups in total. The van der Waals surface area contributed by atoms with E-state index in [2.05, 4.69) is 290 Å². The fraction of sp³-hybridized carbons (Fsp3) is 0.0270. The molecule has 0 saturated heterocycles. The molecule has 2 heterocycles. The SMILES string of the molecule is c1ccc(-c2cccc(N(c3cccc(-c4cccc5c4-c4ccccc4C54c5ccccc5Oc5ccccc54)c3)c3cccc(-c4cccc5c4-c4ccccc4C54c5ccccc5Oc5ccccc54)c3)c2)cc1. The van der Waals surface area contributed by atoms with Crippen LogP contribution in [0.25, 0.3) is 55.6 Å². The second-order valence-corrected chi connectivity index (χ2v) is 20.6. The Balaban J connectivity index is 0.891. The molecule has 2 spiro atoms. The van der Waals surface area contributed by atoms with E-state index in [-0.39, 0.29) is 0 Å². The Bertz CT molecular complexity index is 4050. The summed E-state index contributed by atoms with van der Waals surface area (Å²) in [5.74, 6) is 3.56. The van der Waals surface area contributed by atoms with E-state index >= 15 is 0 Å². The molecular formula is C74H47NO2. The second kappa shape index (κ2) is 16.8. The fourth-order valence-electron chi connectivity index (χ4n) is 13.8. The van der Waals surface area contributed by atoms with Gasteiger partial charge in [0.1, 0.15) is 23.0 Å². The van der Waals surface area contributed by atoms with Crippen molar-refractivity contribution in [3.63, 3.8) is 0 Å². The van der Waals surface area contributed by atoms with Gasteiger partial charge in [0, 0.05) is 39.3 Å². The summed E-state index contributed by atoms with van der Waals surface area (Å²) in [5, 5.41) is 0. The maximum atomic E-state index is 6.69. The maximum absolute atomic E-state index is 6.69. The van der Waals surface area contributed by atoms with Gasteiger partial charge in [0.2, 0.25) is 0 Å². The summed E-state index contributed by atoms with van der Waals surface area (Å²) in [6.45, 7) is 0. The molecule has 0 bridgehead atoms. The lowest BCUT2D eigenvalue weighted by molar-refractivity contribution is 0.436. The molecule has 12 aromatic rings. The number of nitrogens with zero attached hydrogens (tertiary/aromatic N) is 1. The summed E-state index contributed by atoms with van der Waals surface area (Å²) in [4.78, 5) is 2.44. The van der Waals surface area contributed by atoms with E-state index in [4.69, 9.17) is 9.47 Å². The minimum atomic E-state index is -0.565. The molecule has 3 heteroatoms. The molecule has 12 aromatic carbocycles. The number of benzene rings is 12. The zero-order chi connectivity index (χ0) is 50.7. The largest absolute Gasteiger partial charge is 0.457 e. The van der Waals surface area contributed by atoms with Crippen molar-refractivity contribution in [2.75, 3.05) is 4.90 Å². The Morgan fingerprint density at radius 2 is 0.519 bits per heavy atom. The maximum Gasteiger partial charge on any atom is 0.132 e. The van der Waals surface area contributed by atoms with E-state index < -0.39 is 10.8 Å². The van der Waals surface area contributed by atoms with Crippen molar-refractivity contribution in [2.45, 2.75) is 10.8 Å². The highest BCUT2D eigenvalue weighted by atomic mass is 16.5. The first-order valence-corrected chi connectivity index (χ1v) is 26.6. The number of ether oxygens (including phenoxy) is 2. The third-order valence-electron chi connectivity index (χ3n) is 16.8. The summed E-state index contributed by atoms with van der Waals surface area (Å²) < 4.78 is 13.4. The van der Waals surface area contributed by atoms with E-state index in [9.17, 15) is 0 Å². The minimum absolute atomic E-state index is 0.565. The molecule has 0 amide bonds. The lowest BCUT2D eigenvalue weighted by Gasteiger charge is -2.39. The van der Waals surface area contributed by atoms with Gasteiger partial charge in [0.15, 0.2) is 0 Å². The predicted octanol–water partition coefficient (Wildman–Crippen LogP) is 19.1. The van der Waals surface area contributed by atoms with E-state index in [1.54, 1.807) is 0 Å². The lowest BCUT2D eigenvalue weighted by atomic mass is 9.66. The minimum Gasteiger partial charge on any atom is -0.457 e. The topological polar surface area (TPSA) is 21.7 Å². The highest BCUT2D eigenvalue weighted by Crippen LogP contribution is 2.65. The molecule has 0 unspecified atom stereocenters. The van der Waals surface area contributed by atoms with Crippen molar-refractivity contribution >= 4 is 17.1 Å². The smallest absolute Gasteiger partial charge is 0.132 e. The van der Waals surface area contributed by atoms with Crippen LogP contribution in [0.15, 0.2) is 285 Å². The molecule has 2 aliphatic heterocycles. The van der Waals surface area contributed by atoms with Crippen LogP contribution in [-0.4, -0.2) is 0 Å². The van der Waals surface area contributed by atoms with Crippen molar-refractivity contribution in [3.05, 3.63) is 330 Å². The average Bonchev–Trinajstić information content (AvgIpc) is 4.18. The van der Waals surface area contributed by atoms with Gasteiger partial charge in [-0.2, -0.15) is 0 Å². The van der Waals surface area contributed by atoms with Crippen LogP contribution in [-0.2, 0) is 10.8 Å². The van der Waals surface area contributed by atoms with Gasteiger partial charge in [0.25, 0.3) is 0 Å². The van der Waals surface area contributed by atoms with E-state index in [1.807, 2.05) is 0 Å². The average molecular weight is 982 g/mol. The molecule has 0 saturated carbocycles. The van der Waals surface area contributed by atoms with Gasteiger partial charge < -0.3 is 14.4 Å². The Labute approximate surface area is 448 Å². The van der Waals surface area contributed by atoms with Gasteiger partial charge in [-0.15, -0.1) is 0 Å². The van der Waals surface area contributed by atoms with Gasteiger partial charge in [-0.05, 0) is 139 Å². The van der Waals surface area contributed by atoms with Gasteiger partial charge in [-0.3, -0.25) is 0 Å². The Hall–Kier alpha value is -9.96. The lowest BCUT2D eigenvalue weighted by Crippen LogP contribution is -2.32. The molecule has 16 rings (SSSR count). The Morgan fingerprint density at radius 1 is 0.221 bits per heavy atom. The zero-order valence-corrected chi connectivity index (χ0v) is 41.9. The van der Waals surface area contributed by atoms with Crippen LogP contribution >= 0.6 is 0 Å².